The Balaban J connectivity index is 1.77. The lowest BCUT2D eigenvalue weighted by Gasteiger charge is -2.36. The van der Waals surface area contributed by atoms with Crippen molar-refractivity contribution >= 4 is 37.9 Å². The Morgan fingerprint density at radius 1 is 1.09 bits per heavy atom. The van der Waals surface area contributed by atoms with Crippen LogP contribution in [0.3, 0.4) is 0 Å². The van der Waals surface area contributed by atoms with Crippen LogP contribution >= 0.6 is 15.9 Å². The number of nitrogens with zero attached hydrogens (tertiary/aromatic N) is 1. The summed E-state index contributed by atoms with van der Waals surface area (Å²) in [6.07, 6.45) is 0.528. The molecule has 1 aromatic rings. The van der Waals surface area contributed by atoms with E-state index in [0.29, 0.717) is 0 Å². The molecule has 2 fully saturated rings. The van der Waals surface area contributed by atoms with E-state index in [1.165, 1.54) is 16.4 Å². The average molecular weight is 388 g/mol. The summed E-state index contributed by atoms with van der Waals surface area (Å²) in [6, 6.07) is 5.89. The van der Waals surface area contributed by atoms with Crippen LogP contribution in [-0.4, -0.2) is 43.3 Å². The fourth-order valence-electron chi connectivity index (χ4n) is 2.74. The number of nitrogens with one attached hydrogen (secondary N) is 2. The predicted molar refractivity (Wildman–Crippen MR) is 81.5 cm³/mol. The maximum atomic E-state index is 12.6. The number of hydrogen-bond acceptors (Lipinski definition) is 4. The molecule has 0 aliphatic carbocycles. The molecule has 9 heteroatoms. The van der Waals surface area contributed by atoms with Crippen molar-refractivity contribution in [3.05, 3.63) is 28.7 Å². The van der Waals surface area contributed by atoms with E-state index < -0.39 is 21.6 Å². The number of carbonyl (C=O) groups excluding carboxylic acids is 2. The minimum Gasteiger partial charge on any atom is -0.323 e. The van der Waals surface area contributed by atoms with Crippen molar-refractivity contribution < 1.29 is 18.0 Å². The minimum absolute atomic E-state index is 0.187. The molecule has 2 N–H and O–H groups in total. The van der Waals surface area contributed by atoms with Crippen molar-refractivity contribution in [1.29, 1.82) is 0 Å². The Labute approximate surface area is 136 Å². The Morgan fingerprint density at radius 2 is 1.68 bits per heavy atom. The van der Waals surface area contributed by atoms with Gasteiger partial charge in [-0.2, -0.15) is 4.31 Å². The fourth-order valence-corrected chi connectivity index (χ4v) is 4.45. The van der Waals surface area contributed by atoms with E-state index in [4.69, 9.17) is 0 Å². The Kier molecular flexibility index (Phi) is 3.74. The summed E-state index contributed by atoms with van der Waals surface area (Å²) in [5, 5.41) is 4.82. The standard InChI is InChI=1S/C13H14BrN3O4S/c14-9-1-3-10(4-2-9)22(20,21)17-7-5-13(6-8-17)11(18)15-12(19)16-13/h1-4H,5-8H2,(H2,15,16,18,19). The topological polar surface area (TPSA) is 95.6 Å². The van der Waals surface area contributed by atoms with Crippen molar-refractivity contribution in [2.75, 3.05) is 13.1 Å². The van der Waals surface area contributed by atoms with Crippen molar-refractivity contribution in [2.45, 2.75) is 23.3 Å². The van der Waals surface area contributed by atoms with Crippen LogP contribution in [0, 0.1) is 0 Å². The first kappa shape index (κ1) is 15.4. The molecule has 0 aromatic heterocycles. The molecule has 0 bridgehead atoms. The van der Waals surface area contributed by atoms with Gasteiger partial charge >= 0.3 is 6.03 Å². The van der Waals surface area contributed by atoms with Crippen LogP contribution in [0.25, 0.3) is 0 Å². The molecule has 0 unspecified atom stereocenters. The summed E-state index contributed by atoms with van der Waals surface area (Å²) >= 11 is 3.27. The van der Waals surface area contributed by atoms with Crippen molar-refractivity contribution in [2.24, 2.45) is 0 Å². The van der Waals surface area contributed by atoms with E-state index in [1.807, 2.05) is 0 Å². The van der Waals surface area contributed by atoms with Crippen LogP contribution < -0.4 is 10.6 Å². The lowest BCUT2D eigenvalue weighted by molar-refractivity contribution is -0.125. The Hall–Kier alpha value is -1.45. The third-order valence-electron chi connectivity index (χ3n) is 4.04. The van der Waals surface area contributed by atoms with Gasteiger partial charge in [-0.1, -0.05) is 15.9 Å². The van der Waals surface area contributed by atoms with E-state index in [0.717, 1.165) is 4.47 Å². The van der Waals surface area contributed by atoms with Gasteiger partial charge in [-0.05, 0) is 37.1 Å². The van der Waals surface area contributed by atoms with Crippen LogP contribution in [0.1, 0.15) is 12.8 Å². The normalized spacial score (nSPS) is 21.7. The summed E-state index contributed by atoms with van der Waals surface area (Å²) < 4.78 is 27.3. The van der Waals surface area contributed by atoms with Crippen LogP contribution in [0.5, 0.6) is 0 Å². The summed E-state index contributed by atoms with van der Waals surface area (Å²) in [7, 11) is -3.59. The molecule has 3 amide bonds. The van der Waals surface area contributed by atoms with Crippen molar-refractivity contribution in [3.8, 4) is 0 Å². The highest BCUT2D eigenvalue weighted by atomic mass is 79.9. The monoisotopic (exact) mass is 387 g/mol. The molecule has 0 saturated carbocycles. The lowest BCUT2D eigenvalue weighted by Crippen LogP contribution is -2.55. The fraction of sp³-hybridized carbons (Fsp3) is 0.385. The van der Waals surface area contributed by atoms with Gasteiger partial charge < -0.3 is 5.32 Å². The highest BCUT2D eigenvalue weighted by molar-refractivity contribution is 9.10. The van der Waals surface area contributed by atoms with Gasteiger partial charge in [-0.25, -0.2) is 13.2 Å². The molecule has 2 saturated heterocycles. The first-order valence-corrected chi connectivity index (χ1v) is 8.96. The van der Waals surface area contributed by atoms with Crippen LogP contribution in [0.4, 0.5) is 4.79 Å². The molecule has 3 rings (SSSR count). The van der Waals surface area contributed by atoms with Gasteiger partial charge in [0.15, 0.2) is 0 Å². The first-order chi connectivity index (χ1) is 10.3. The van der Waals surface area contributed by atoms with Crippen molar-refractivity contribution in [1.82, 2.24) is 14.9 Å². The number of benzene rings is 1. The zero-order valence-electron chi connectivity index (χ0n) is 11.5. The second-order valence-electron chi connectivity index (χ2n) is 5.35. The van der Waals surface area contributed by atoms with Gasteiger partial charge in [0.1, 0.15) is 5.54 Å². The second kappa shape index (κ2) is 5.32. The van der Waals surface area contributed by atoms with Gasteiger partial charge in [0.05, 0.1) is 4.90 Å². The van der Waals surface area contributed by atoms with Crippen LogP contribution in [-0.2, 0) is 14.8 Å². The molecule has 22 heavy (non-hydrogen) atoms. The second-order valence-corrected chi connectivity index (χ2v) is 8.20. The first-order valence-electron chi connectivity index (χ1n) is 6.73. The molecular weight excluding hydrogens is 374 g/mol. The number of halogens is 1. The Bertz CT molecular complexity index is 724. The number of amides is 3. The molecule has 2 heterocycles. The Morgan fingerprint density at radius 3 is 2.18 bits per heavy atom. The highest BCUT2D eigenvalue weighted by Gasteiger charge is 2.49. The van der Waals surface area contributed by atoms with Gasteiger partial charge in [0, 0.05) is 17.6 Å². The molecule has 1 aromatic carbocycles. The molecule has 2 aliphatic heterocycles. The zero-order valence-corrected chi connectivity index (χ0v) is 13.9. The van der Waals surface area contributed by atoms with Gasteiger partial charge in [0.25, 0.3) is 5.91 Å². The van der Waals surface area contributed by atoms with Gasteiger partial charge in [0.2, 0.25) is 10.0 Å². The summed E-state index contributed by atoms with van der Waals surface area (Å²) in [5.74, 6) is -0.377. The van der Waals surface area contributed by atoms with Crippen molar-refractivity contribution in [3.63, 3.8) is 0 Å². The molecule has 1 spiro atoms. The number of hydrogen-bond donors (Lipinski definition) is 2. The smallest absolute Gasteiger partial charge is 0.322 e. The number of urea groups is 1. The molecule has 0 radical (unpaired) electrons. The number of sulfonamides is 1. The maximum Gasteiger partial charge on any atom is 0.322 e. The van der Waals surface area contributed by atoms with Gasteiger partial charge in [-0.15, -0.1) is 0 Å². The summed E-state index contributed by atoms with van der Waals surface area (Å²) in [4.78, 5) is 23.4. The number of piperidine rings is 1. The van der Waals surface area contributed by atoms with Crippen LogP contribution in [0.15, 0.2) is 33.6 Å². The quantitative estimate of drug-likeness (QED) is 0.734. The molecular formula is C13H14BrN3O4S. The number of carbonyl (C=O) groups is 2. The van der Waals surface area contributed by atoms with E-state index >= 15 is 0 Å². The summed E-state index contributed by atoms with van der Waals surface area (Å²) in [6.45, 7) is 0.373. The largest absolute Gasteiger partial charge is 0.323 e. The molecule has 7 nitrogen and oxygen atoms in total. The molecule has 2 aliphatic rings. The maximum absolute atomic E-state index is 12.6. The SMILES string of the molecule is O=C1NC(=O)C2(CCN(S(=O)(=O)c3ccc(Br)cc3)CC2)N1. The average Bonchev–Trinajstić information content (AvgIpc) is 2.74. The van der Waals surface area contributed by atoms with E-state index in [-0.39, 0.29) is 36.7 Å². The minimum atomic E-state index is -3.59. The lowest BCUT2D eigenvalue weighted by atomic mass is 9.89. The zero-order chi connectivity index (χ0) is 16.0. The third kappa shape index (κ3) is 2.53. The van der Waals surface area contributed by atoms with Gasteiger partial charge in [-0.3, -0.25) is 10.1 Å². The van der Waals surface area contributed by atoms with E-state index in [9.17, 15) is 18.0 Å². The van der Waals surface area contributed by atoms with Crippen LogP contribution in [0.2, 0.25) is 0 Å². The van der Waals surface area contributed by atoms with E-state index in [2.05, 4.69) is 26.6 Å². The van der Waals surface area contributed by atoms with E-state index in [1.54, 1.807) is 12.1 Å². The number of imide groups is 1. The highest BCUT2D eigenvalue weighted by Crippen LogP contribution is 2.29. The summed E-state index contributed by atoms with van der Waals surface area (Å²) in [5.41, 5.74) is -0.969. The third-order valence-corrected chi connectivity index (χ3v) is 6.48. The predicted octanol–water partition coefficient (Wildman–Crippen LogP) is 0.812. The molecule has 0 atom stereocenters. The number of rotatable bonds is 2. The molecule has 118 valence electrons.